The van der Waals surface area contributed by atoms with Gasteiger partial charge in [0.2, 0.25) is 0 Å². The summed E-state index contributed by atoms with van der Waals surface area (Å²) in [6.45, 7) is 1.26. The van der Waals surface area contributed by atoms with Crippen LogP contribution in [0.5, 0.6) is 0 Å². The molecule has 2 atom stereocenters. The number of aliphatic hydroxyl groups is 1. The highest BCUT2D eigenvalue weighted by atomic mass is 32.2. The summed E-state index contributed by atoms with van der Waals surface area (Å²) >= 11 is 0.946. The van der Waals surface area contributed by atoms with Crippen LogP contribution in [-0.4, -0.2) is 34.7 Å². The summed E-state index contributed by atoms with van der Waals surface area (Å²) in [6, 6.07) is 17.3. The molecule has 0 spiro atoms. The number of benzene rings is 2. The third-order valence-corrected chi connectivity index (χ3v) is 4.94. The van der Waals surface area contributed by atoms with Crippen LogP contribution in [0, 0.1) is 0 Å². The van der Waals surface area contributed by atoms with E-state index in [1.165, 1.54) is 0 Å². The van der Waals surface area contributed by atoms with Crippen molar-refractivity contribution in [2.75, 3.05) is 18.4 Å². The predicted molar refractivity (Wildman–Crippen MR) is 103 cm³/mol. The molecule has 3 rings (SSSR count). The molecule has 136 valence electrons. The zero-order valence-electron chi connectivity index (χ0n) is 14.1. The van der Waals surface area contributed by atoms with E-state index in [4.69, 9.17) is 0 Å². The lowest BCUT2D eigenvalue weighted by Crippen LogP contribution is -2.29. The molecule has 0 aromatic heterocycles. The molecule has 2 aromatic carbocycles. The van der Waals surface area contributed by atoms with E-state index < -0.39 is 11.5 Å². The molecule has 1 aliphatic rings. The van der Waals surface area contributed by atoms with Gasteiger partial charge in [0.25, 0.3) is 11.1 Å². The summed E-state index contributed by atoms with van der Waals surface area (Å²) < 4.78 is 0. The van der Waals surface area contributed by atoms with E-state index in [1.54, 1.807) is 0 Å². The van der Waals surface area contributed by atoms with Gasteiger partial charge >= 0.3 is 0 Å². The van der Waals surface area contributed by atoms with Gasteiger partial charge in [0.15, 0.2) is 5.37 Å². The van der Waals surface area contributed by atoms with Crippen LogP contribution in [0.2, 0.25) is 0 Å². The minimum atomic E-state index is -0.575. The van der Waals surface area contributed by atoms with Crippen LogP contribution >= 0.6 is 11.8 Å². The standard InChI is InChI=1S/C19H21N3O3S/c23-16(14-4-2-1-3-5-14)12-20-11-10-13-6-8-15(9-7-13)21-18-17(24)22-19(25)26-18/h1-9,16,18,20-21,23H,10-12H2,(H,22,24,25)/t16-,18?/m0/s1. The Balaban J connectivity index is 1.40. The van der Waals surface area contributed by atoms with E-state index in [2.05, 4.69) is 16.0 Å². The summed E-state index contributed by atoms with van der Waals surface area (Å²) in [5, 5.41) is 17.7. The molecule has 4 N–H and O–H groups in total. The maximum atomic E-state index is 11.5. The lowest BCUT2D eigenvalue weighted by atomic mass is 10.1. The van der Waals surface area contributed by atoms with Crippen molar-refractivity contribution in [3.63, 3.8) is 0 Å². The lowest BCUT2D eigenvalue weighted by molar-refractivity contribution is -0.118. The first-order valence-electron chi connectivity index (χ1n) is 8.42. The number of carbonyl (C=O) groups is 2. The van der Waals surface area contributed by atoms with E-state index in [-0.39, 0.29) is 11.1 Å². The van der Waals surface area contributed by atoms with Gasteiger partial charge in [-0.2, -0.15) is 0 Å². The molecule has 0 radical (unpaired) electrons. The first-order valence-corrected chi connectivity index (χ1v) is 9.30. The van der Waals surface area contributed by atoms with Gasteiger partial charge in [-0.05, 0) is 48.0 Å². The maximum absolute atomic E-state index is 11.5. The average Bonchev–Trinajstić information content (AvgIpc) is 2.97. The zero-order valence-corrected chi connectivity index (χ0v) is 15.0. The van der Waals surface area contributed by atoms with E-state index in [1.807, 2.05) is 54.6 Å². The Morgan fingerprint density at radius 3 is 2.46 bits per heavy atom. The van der Waals surface area contributed by atoms with Crippen LogP contribution in [0.15, 0.2) is 54.6 Å². The van der Waals surface area contributed by atoms with Crippen LogP contribution < -0.4 is 16.0 Å². The van der Waals surface area contributed by atoms with Crippen molar-refractivity contribution in [3.05, 3.63) is 65.7 Å². The van der Waals surface area contributed by atoms with Crippen molar-refractivity contribution in [2.45, 2.75) is 17.9 Å². The number of imide groups is 1. The number of hydrogen-bond donors (Lipinski definition) is 4. The third kappa shape index (κ3) is 5.08. The first kappa shape index (κ1) is 18.4. The number of amides is 2. The third-order valence-electron chi connectivity index (χ3n) is 4.05. The number of thioether (sulfide) groups is 1. The number of nitrogens with one attached hydrogen (secondary N) is 3. The van der Waals surface area contributed by atoms with Crippen molar-refractivity contribution in [1.82, 2.24) is 10.6 Å². The van der Waals surface area contributed by atoms with Crippen LogP contribution in [0.1, 0.15) is 17.2 Å². The molecule has 0 bridgehead atoms. The largest absolute Gasteiger partial charge is 0.387 e. The van der Waals surface area contributed by atoms with Crippen LogP contribution in [-0.2, 0) is 11.2 Å². The average molecular weight is 371 g/mol. The molecule has 0 saturated carbocycles. The topological polar surface area (TPSA) is 90.5 Å². The highest BCUT2D eigenvalue weighted by Crippen LogP contribution is 2.21. The van der Waals surface area contributed by atoms with Crippen molar-refractivity contribution in [3.8, 4) is 0 Å². The van der Waals surface area contributed by atoms with Gasteiger partial charge < -0.3 is 15.7 Å². The second kappa shape index (κ2) is 8.84. The number of aliphatic hydroxyl groups excluding tert-OH is 1. The normalized spacial score (nSPS) is 17.8. The SMILES string of the molecule is O=C1NC(=O)C(Nc2ccc(CCNC[C@H](O)c3ccccc3)cc2)S1. The smallest absolute Gasteiger partial charge is 0.288 e. The molecule has 0 aliphatic carbocycles. The van der Waals surface area contributed by atoms with Crippen molar-refractivity contribution in [2.24, 2.45) is 0 Å². The molecular formula is C19H21N3O3S. The molecule has 26 heavy (non-hydrogen) atoms. The summed E-state index contributed by atoms with van der Waals surface area (Å²) in [5.41, 5.74) is 2.85. The number of hydrogen-bond acceptors (Lipinski definition) is 6. The Morgan fingerprint density at radius 1 is 1.08 bits per heavy atom. The predicted octanol–water partition coefficient (Wildman–Crippen LogP) is 2.27. The molecular weight excluding hydrogens is 350 g/mol. The van der Waals surface area contributed by atoms with E-state index in [9.17, 15) is 14.7 Å². The van der Waals surface area contributed by atoms with Gasteiger partial charge in [0.1, 0.15) is 0 Å². The minimum absolute atomic E-state index is 0.315. The van der Waals surface area contributed by atoms with Crippen molar-refractivity contribution >= 4 is 28.6 Å². The summed E-state index contributed by atoms with van der Waals surface area (Å²) in [4.78, 5) is 22.7. The molecule has 1 unspecified atom stereocenters. The number of anilines is 1. The van der Waals surface area contributed by atoms with Gasteiger partial charge in [0, 0.05) is 12.2 Å². The molecule has 1 aliphatic heterocycles. The van der Waals surface area contributed by atoms with Crippen LogP contribution in [0.4, 0.5) is 10.5 Å². The molecule has 1 fully saturated rings. The van der Waals surface area contributed by atoms with E-state index in [0.717, 1.165) is 41.5 Å². The van der Waals surface area contributed by atoms with Gasteiger partial charge in [-0.1, -0.05) is 42.5 Å². The van der Waals surface area contributed by atoms with Gasteiger partial charge in [-0.15, -0.1) is 0 Å². The number of rotatable bonds is 8. The maximum Gasteiger partial charge on any atom is 0.288 e. The molecule has 6 nitrogen and oxygen atoms in total. The Bertz CT molecular complexity index is 752. The fourth-order valence-electron chi connectivity index (χ4n) is 2.63. The summed E-state index contributed by atoms with van der Waals surface area (Å²) in [6.07, 6.45) is 0.319. The molecule has 2 aromatic rings. The quantitative estimate of drug-likeness (QED) is 0.532. The Hall–Kier alpha value is -2.35. The highest BCUT2D eigenvalue weighted by molar-refractivity contribution is 8.15. The number of carbonyl (C=O) groups excluding carboxylic acids is 2. The second-order valence-corrected chi connectivity index (χ2v) is 7.07. The monoisotopic (exact) mass is 371 g/mol. The Morgan fingerprint density at radius 2 is 1.81 bits per heavy atom. The summed E-state index contributed by atoms with van der Waals surface area (Å²) in [5.74, 6) is -0.315. The highest BCUT2D eigenvalue weighted by Gasteiger charge is 2.31. The molecule has 1 heterocycles. The Labute approximate surface area is 156 Å². The molecule has 7 heteroatoms. The minimum Gasteiger partial charge on any atom is -0.387 e. The van der Waals surface area contributed by atoms with E-state index >= 15 is 0 Å². The van der Waals surface area contributed by atoms with Gasteiger partial charge in [-0.3, -0.25) is 14.9 Å². The zero-order chi connectivity index (χ0) is 18.4. The summed E-state index contributed by atoms with van der Waals surface area (Å²) in [7, 11) is 0. The van der Waals surface area contributed by atoms with Crippen LogP contribution in [0.3, 0.4) is 0 Å². The molecule has 2 amide bonds. The van der Waals surface area contributed by atoms with E-state index in [0.29, 0.717) is 6.54 Å². The van der Waals surface area contributed by atoms with Gasteiger partial charge in [-0.25, -0.2) is 0 Å². The second-order valence-electron chi connectivity index (χ2n) is 6.00. The van der Waals surface area contributed by atoms with Crippen molar-refractivity contribution in [1.29, 1.82) is 0 Å². The van der Waals surface area contributed by atoms with Gasteiger partial charge in [0.05, 0.1) is 6.10 Å². The fourth-order valence-corrected chi connectivity index (χ4v) is 3.37. The van der Waals surface area contributed by atoms with Crippen molar-refractivity contribution < 1.29 is 14.7 Å². The first-order chi connectivity index (χ1) is 12.6. The van der Waals surface area contributed by atoms with Crippen LogP contribution in [0.25, 0.3) is 0 Å². The molecule has 1 saturated heterocycles. The lowest BCUT2D eigenvalue weighted by Gasteiger charge is -2.13. The fraction of sp³-hybridized carbons (Fsp3) is 0.263. The Kier molecular flexibility index (Phi) is 6.27.